The molecular weight excluding hydrogens is 170 g/mol. The third-order valence-electron chi connectivity index (χ3n) is 1.69. The summed E-state index contributed by atoms with van der Waals surface area (Å²) in [6.07, 6.45) is 0. The highest BCUT2D eigenvalue weighted by atomic mass is 16.5. The smallest absolute Gasteiger partial charge is 0.123 e. The summed E-state index contributed by atoms with van der Waals surface area (Å²) in [6.45, 7) is 0.288. The summed E-state index contributed by atoms with van der Waals surface area (Å²) in [4.78, 5) is 0. The molecule has 0 aliphatic carbocycles. The molecule has 0 unspecified atom stereocenters. The molecule has 2 N–H and O–H groups in total. The molecule has 0 aliphatic rings. The summed E-state index contributed by atoms with van der Waals surface area (Å²) >= 11 is 0. The van der Waals surface area contributed by atoms with Crippen molar-refractivity contribution in [1.29, 1.82) is 0 Å². The Kier molecular flexibility index (Phi) is 3.11. The van der Waals surface area contributed by atoms with Crippen molar-refractivity contribution in [2.45, 2.75) is 6.54 Å². The average molecular weight is 183 g/mol. The van der Waals surface area contributed by atoms with E-state index in [1.165, 1.54) is 20.2 Å². The zero-order valence-corrected chi connectivity index (χ0v) is 7.69. The predicted molar refractivity (Wildman–Crippen MR) is 47.9 cm³/mol. The molecule has 4 heteroatoms. The van der Waals surface area contributed by atoms with Crippen molar-refractivity contribution in [3.8, 4) is 11.5 Å². The van der Waals surface area contributed by atoms with E-state index in [9.17, 15) is 5.11 Å². The molecule has 0 atom stereocenters. The van der Waals surface area contributed by atoms with Crippen LogP contribution in [0.3, 0.4) is 0 Å². The van der Waals surface area contributed by atoms with Crippen molar-refractivity contribution in [3.63, 3.8) is 0 Å². The maximum atomic E-state index is 9.45. The number of nitrogens with zero attached hydrogens (tertiary/aromatic N) is 1. The normalized spacial score (nSPS) is 10.5. The van der Waals surface area contributed by atoms with Crippen LogP contribution in [0.5, 0.6) is 11.5 Å². The maximum Gasteiger partial charge on any atom is 0.123 e. The van der Waals surface area contributed by atoms with Crippen LogP contribution in [0.25, 0.3) is 0 Å². The molecule has 0 heterocycles. The van der Waals surface area contributed by atoms with Gasteiger partial charge in [-0.3, -0.25) is 0 Å². The van der Waals surface area contributed by atoms with Gasteiger partial charge in [0.25, 0.3) is 0 Å². The van der Waals surface area contributed by atoms with Gasteiger partial charge in [-0.25, -0.2) is 0 Å². The second-order valence-electron chi connectivity index (χ2n) is 2.81. The van der Waals surface area contributed by atoms with Crippen LogP contribution in [0.15, 0.2) is 18.2 Å². The Morgan fingerprint density at radius 3 is 2.62 bits per heavy atom. The molecule has 1 aromatic carbocycles. The second kappa shape index (κ2) is 4.11. The van der Waals surface area contributed by atoms with E-state index in [0.29, 0.717) is 11.3 Å². The van der Waals surface area contributed by atoms with E-state index in [2.05, 4.69) is 0 Å². The number of ether oxygens (including phenoxy) is 1. The molecule has 0 aliphatic heterocycles. The Balaban J connectivity index is 2.85. The molecule has 0 aromatic heterocycles. The first-order valence-electron chi connectivity index (χ1n) is 3.89. The number of hydrogen-bond acceptors (Lipinski definition) is 4. The SMILES string of the molecule is COc1ccc(CN(C)O)c(O)c1. The Labute approximate surface area is 76.9 Å². The van der Waals surface area contributed by atoms with E-state index in [4.69, 9.17) is 9.94 Å². The monoisotopic (exact) mass is 183 g/mol. The second-order valence-corrected chi connectivity index (χ2v) is 2.81. The Hall–Kier alpha value is -1.26. The summed E-state index contributed by atoms with van der Waals surface area (Å²) < 4.78 is 4.92. The summed E-state index contributed by atoms with van der Waals surface area (Å²) in [6, 6.07) is 4.96. The van der Waals surface area contributed by atoms with Gasteiger partial charge < -0.3 is 15.1 Å². The van der Waals surface area contributed by atoms with Crippen molar-refractivity contribution < 1.29 is 15.1 Å². The predicted octanol–water partition coefficient (Wildman–Crippen LogP) is 1.22. The quantitative estimate of drug-likeness (QED) is 0.692. The number of rotatable bonds is 3. The molecule has 0 spiro atoms. The van der Waals surface area contributed by atoms with Crippen molar-refractivity contribution in [1.82, 2.24) is 5.06 Å². The minimum atomic E-state index is 0.125. The number of hydroxylamine groups is 2. The third kappa shape index (κ3) is 2.61. The van der Waals surface area contributed by atoms with E-state index in [-0.39, 0.29) is 12.3 Å². The Morgan fingerprint density at radius 2 is 2.15 bits per heavy atom. The molecule has 13 heavy (non-hydrogen) atoms. The Bertz CT molecular complexity index is 286. The Morgan fingerprint density at radius 1 is 1.46 bits per heavy atom. The van der Waals surface area contributed by atoms with Crippen molar-refractivity contribution in [2.75, 3.05) is 14.2 Å². The number of phenolic OH excluding ortho intramolecular Hbond substituents is 1. The van der Waals surface area contributed by atoms with Crippen LogP contribution in [-0.2, 0) is 6.54 Å². The van der Waals surface area contributed by atoms with Crippen molar-refractivity contribution in [3.05, 3.63) is 23.8 Å². The topological polar surface area (TPSA) is 52.9 Å². The summed E-state index contributed by atoms with van der Waals surface area (Å²) in [5.74, 6) is 0.724. The maximum absolute atomic E-state index is 9.45. The molecule has 1 rings (SSSR count). The minimum absolute atomic E-state index is 0.125. The zero-order chi connectivity index (χ0) is 9.84. The third-order valence-corrected chi connectivity index (χ3v) is 1.69. The van der Waals surface area contributed by atoms with Crippen LogP contribution in [0.4, 0.5) is 0 Å². The molecule has 4 nitrogen and oxygen atoms in total. The van der Waals surface area contributed by atoms with Crippen molar-refractivity contribution in [2.24, 2.45) is 0 Å². The molecule has 0 saturated heterocycles. The van der Waals surface area contributed by atoms with E-state index < -0.39 is 0 Å². The van der Waals surface area contributed by atoms with Crippen LogP contribution in [0, 0.1) is 0 Å². The van der Waals surface area contributed by atoms with E-state index in [0.717, 1.165) is 5.06 Å². The van der Waals surface area contributed by atoms with Gasteiger partial charge in [0.15, 0.2) is 0 Å². The lowest BCUT2D eigenvalue weighted by Crippen LogP contribution is -2.11. The first-order valence-corrected chi connectivity index (χ1v) is 3.89. The molecule has 0 bridgehead atoms. The van der Waals surface area contributed by atoms with E-state index in [1.54, 1.807) is 12.1 Å². The van der Waals surface area contributed by atoms with Gasteiger partial charge in [0.2, 0.25) is 0 Å². The van der Waals surface area contributed by atoms with E-state index >= 15 is 0 Å². The molecule has 0 amide bonds. The van der Waals surface area contributed by atoms with Gasteiger partial charge in [0.1, 0.15) is 11.5 Å². The van der Waals surface area contributed by atoms with E-state index in [1.807, 2.05) is 0 Å². The zero-order valence-electron chi connectivity index (χ0n) is 7.69. The van der Waals surface area contributed by atoms with Crippen LogP contribution < -0.4 is 4.74 Å². The summed E-state index contributed by atoms with van der Waals surface area (Å²) in [7, 11) is 3.05. The molecule has 0 saturated carbocycles. The lowest BCUT2D eigenvalue weighted by atomic mass is 10.2. The van der Waals surface area contributed by atoms with Gasteiger partial charge in [0.05, 0.1) is 13.7 Å². The molecule has 0 fully saturated rings. The number of benzene rings is 1. The standard InChI is InChI=1S/C9H13NO3/c1-10(12)6-7-3-4-8(13-2)5-9(7)11/h3-5,11-12H,6H2,1-2H3. The highest BCUT2D eigenvalue weighted by Gasteiger charge is 2.04. The van der Waals surface area contributed by atoms with Gasteiger partial charge in [0, 0.05) is 18.7 Å². The molecule has 0 radical (unpaired) electrons. The number of aromatic hydroxyl groups is 1. The molecular formula is C9H13NO3. The fourth-order valence-electron chi connectivity index (χ4n) is 1.05. The highest BCUT2D eigenvalue weighted by molar-refractivity contribution is 5.39. The summed E-state index contributed by atoms with van der Waals surface area (Å²) in [5.41, 5.74) is 0.658. The largest absolute Gasteiger partial charge is 0.507 e. The van der Waals surface area contributed by atoms with Gasteiger partial charge in [-0.2, -0.15) is 5.06 Å². The van der Waals surface area contributed by atoms with Gasteiger partial charge in [-0.15, -0.1) is 0 Å². The van der Waals surface area contributed by atoms with Crippen molar-refractivity contribution >= 4 is 0 Å². The van der Waals surface area contributed by atoms with Gasteiger partial charge in [-0.1, -0.05) is 6.07 Å². The first-order chi connectivity index (χ1) is 6.13. The van der Waals surface area contributed by atoms with Crippen LogP contribution >= 0.6 is 0 Å². The fourth-order valence-corrected chi connectivity index (χ4v) is 1.05. The lowest BCUT2D eigenvalue weighted by molar-refractivity contribution is -0.0735. The van der Waals surface area contributed by atoms with Gasteiger partial charge in [-0.05, 0) is 6.07 Å². The summed E-state index contributed by atoms with van der Waals surface area (Å²) in [5, 5.41) is 19.4. The average Bonchev–Trinajstić information content (AvgIpc) is 2.08. The van der Waals surface area contributed by atoms with Crippen LogP contribution in [0.2, 0.25) is 0 Å². The lowest BCUT2D eigenvalue weighted by Gasteiger charge is -2.10. The minimum Gasteiger partial charge on any atom is -0.507 e. The number of phenols is 1. The van der Waals surface area contributed by atoms with Crippen LogP contribution in [0.1, 0.15) is 5.56 Å². The molecule has 72 valence electrons. The number of methoxy groups -OCH3 is 1. The van der Waals surface area contributed by atoms with Gasteiger partial charge >= 0.3 is 0 Å². The van der Waals surface area contributed by atoms with Crippen LogP contribution in [-0.4, -0.2) is 29.5 Å². The highest BCUT2D eigenvalue weighted by Crippen LogP contribution is 2.23. The first kappa shape index (κ1) is 9.83. The fraction of sp³-hybridized carbons (Fsp3) is 0.333. The molecule has 1 aromatic rings. The number of hydrogen-bond donors (Lipinski definition) is 2.